The first kappa shape index (κ1) is 15.4. The summed E-state index contributed by atoms with van der Waals surface area (Å²) in [6, 6.07) is 0. The largest absolute Gasteiger partial charge is 0.463 e. The first-order valence-corrected chi connectivity index (χ1v) is 5.95. The molecule has 0 radical (unpaired) electrons. The van der Waals surface area contributed by atoms with E-state index in [2.05, 4.69) is 6.92 Å². The fraction of sp³-hybridized carbons (Fsp3) is 0.917. The number of carbonyl (C=O) groups excluding carboxylic acids is 1. The van der Waals surface area contributed by atoms with Gasteiger partial charge in [-0.1, -0.05) is 26.7 Å². The lowest BCUT2D eigenvalue weighted by atomic mass is 10.1. The number of esters is 1. The molecule has 0 amide bonds. The summed E-state index contributed by atoms with van der Waals surface area (Å²) in [5.74, 6) is -0.122. The number of carbonyl (C=O) groups is 1. The molecule has 0 fully saturated rings. The second kappa shape index (κ2) is 10.9. The lowest BCUT2D eigenvalue weighted by molar-refractivity contribution is -0.149. The van der Waals surface area contributed by atoms with Crippen LogP contribution in [0.25, 0.3) is 0 Å². The molecule has 4 nitrogen and oxygen atoms in total. The van der Waals surface area contributed by atoms with Crippen LogP contribution >= 0.6 is 0 Å². The van der Waals surface area contributed by atoms with Gasteiger partial charge in [0, 0.05) is 7.11 Å². The Hall–Kier alpha value is -0.610. The van der Waals surface area contributed by atoms with E-state index in [0.29, 0.717) is 26.4 Å². The van der Waals surface area contributed by atoms with Gasteiger partial charge in [-0.3, -0.25) is 4.79 Å². The van der Waals surface area contributed by atoms with Gasteiger partial charge in [-0.25, -0.2) is 0 Å². The van der Waals surface area contributed by atoms with Gasteiger partial charge in [-0.15, -0.1) is 0 Å². The van der Waals surface area contributed by atoms with Crippen molar-refractivity contribution in [3.8, 4) is 0 Å². The van der Waals surface area contributed by atoms with Crippen LogP contribution in [0.2, 0.25) is 0 Å². The zero-order valence-corrected chi connectivity index (χ0v) is 10.7. The monoisotopic (exact) mass is 232 g/mol. The van der Waals surface area contributed by atoms with Crippen molar-refractivity contribution in [1.29, 1.82) is 0 Å². The molecule has 0 heterocycles. The van der Waals surface area contributed by atoms with Crippen molar-refractivity contribution in [3.63, 3.8) is 0 Å². The van der Waals surface area contributed by atoms with Gasteiger partial charge in [-0.2, -0.15) is 0 Å². The number of rotatable bonds is 10. The molecule has 0 saturated carbocycles. The summed E-state index contributed by atoms with van der Waals surface area (Å²) >= 11 is 0. The topological polar surface area (TPSA) is 44.8 Å². The average Bonchev–Trinajstić information content (AvgIpc) is 2.30. The molecule has 0 aliphatic rings. The Labute approximate surface area is 98.3 Å². The van der Waals surface area contributed by atoms with Crippen LogP contribution in [0.3, 0.4) is 0 Å². The minimum absolute atomic E-state index is 0.000995. The second-order valence-corrected chi connectivity index (χ2v) is 3.82. The summed E-state index contributed by atoms with van der Waals surface area (Å²) in [5, 5.41) is 0. The molecule has 0 aliphatic carbocycles. The summed E-state index contributed by atoms with van der Waals surface area (Å²) in [5.41, 5.74) is 0. The van der Waals surface area contributed by atoms with Gasteiger partial charge in [0.2, 0.25) is 0 Å². The predicted octanol–water partition coefficient (Wildman–Crippen LogP) is 2.02. The highest BCUT2D eigenvalue weighted by Gasteiger charge is 2.13. The summed E-state index contributed by atoms with van der Waals surface area (Å²) in [7, 11) is 1.62. The molecule has 0 bridgehead atoms. The van der Waals surface area contributed by atoms with E-state index in [0.717, 1.165) is 19.3 Å². The van der Waals surface area contributed by atoms with E-state index in [4.69, 9.17) is 14.2 Å². The summed E-state index contributed by atoms with van der Waals surface area (Å²) < 4.78 is 15.1. The van der Waals surface area contributed by atoms with Crippen LogP contribution in [-0.4, -0.2) is 39.5 Å². The van der Waals surface area contributed by atoms with Crippen LogP contribution in [0.1, 0.15) is 33.1 Å². The van der Waals surface area contributed by atoms with Crippen LogP contribution in [0, 0.1) is 5.92 Å². The van der Waals surface area contributed by atoms with Crippen molar-refractivity contribution in [2.75, 3.05) is 33.5 Å². The molecular formula is C12H24O4. The van der Waals surface area contributed by atoms with Gasteiger partial charge in [-0.05, 0) is 6.42 Å². The average molecular weight is 232 g/mol. The zero-order chi connectivity index (χ0) is 12.2. The number of ether oxygens (including phenoxy) is 3. The molecule has 1 atom stereocenters. The first-order chi connectivity index (χ1) is 7.72. The Balaban J connectivity index is 3.35. The lowest BCUT2D eigenvalue weighted by Gasteiger charge is -2.10. The molecule has 0 aromatic carbocycles. The van der Waals surface area contributed by atoms with E-state index in [-0.39, 0.29) is 11.9 Å². The maximum atomic E-state index is 11.4. The highest BCUT2D eigenvalue weighted by atomic mass is 16.6. The quantitative estimate of drug-likeness (QED) is 0.427. The van der Waals surface area contributed by atoms with Gasteiger partial charge >= 0.3 is 5.97 Å². The molecule has 0 rings (SSSR count). The van der Waals surface area contributed by atoms with E-state index in [1.807, 2.05) is 6.92 Å². The van der Waals surface area contributed by atoms with Crippen molar-refractivity contribution < 1.29 is 19.0 Å². The molecule has 0 aromatic rings. The van der Waals surface area contributed by atoms with E-state index in [1.165, 1.54) is 0 Å². The zero-order valence-electron chi connectivity index (χ0n) is 10.7. The highest BCUT2D eigenvalue weighted by Crippen LogP contribution is 2.09. The van der Waals surface area contributed by atoms with Gasteiger partial charge in [0.25, 0.3) is 0 Å². The van der Waals surface area contributed by atoms with Gasteiger partial charge in [0.1, 0.15) is 6.61 Å². The van der Waals surface area contributed by atoms with E-state index in [9.17, 15) is 4.79 Å². The molecule has 4 heteroatoms. The molecule has 1 unspecified atom stereocenters. The van der Waals surface area contributed by atoms with E-state index in [1.54, 1.807) is 7.11 Å². The third kappa shape index (κ3) is 8.68. The van der Waals surface area contributed by atoms with Crippen molar-refractivity contribution in [1.82, 2.24) is 0 Å². The number of hydrogen-bond donors (Lipinski definition) is 0. The van der Waals surface area contributed by atoms with Crippen molar-refractivity contribution in [2.24, 2.45) is 5.92 Å². The third-order valence-corrected chi connectivity index (χ3v) is 2.30. The summed E-state index contributed by atoms with van der Waals surface area (Å²) in [6.45, 7) is 5.90. The van der Waals surface area contributed by atoms with Crippen LogP contribution in [0.4, 0.5) is 0 Å². The van der Waals surface area contributed by atoms with Crippen LogP contribution in [0.5, 0.6) is 0 Å². The number of methoxy groups -OCH3 is 1. The molecule has 0 saturated heterocycles. The molecular weight excluding hydrogens is 208 g/mol. The fourth-order valence-electron chi connectivity index (χ4n) is 1.22. The minimum Gasteiger partial charge on any atom is -0.463 e. The first-order valence-electron chi connectivity index (χ1n) is 5.95. The number of hydrogen-bond acceptors (Lipinski definition) is 4. The smallest absolute Gasteiger partial charge is 0.308 e. The van der Waals surface area contributed by atoms with Crippen molar-refractivity contribution >= 4 is 5.97 Å². The molecule has 0 N–H and O–H groups in total. The molecule has 0 aliphatic heterocycles. The molecule has 96 valence electrons. The SMILES string of the molecule is CCCCC(C)C(=O)OCCOCCOC. The standard InChI is InChI=1S/C12H24O4/c1-4-5-6-11(2)12(13)16-10-9-15-8-7-14-3/h11H,4-10H2,1-3H3. The van der Waals surface area contributed by atoms with E-state index >= 15 is 0 Å². The fourth-order valence-corrected chi connectivity index (χ4v) is 1.22. The third-order valence-electron chi connectivity index (χ3n) is 2.30. The minimum atomic E-state index is -0.121. The lowest BCUT2D eigenvalue weighted by Crippen LogP contribution is -2.18. The van der Waals surface area contributed by atoms with Gasteiger partial charge < -0.3 is 14.2 Å². The molecule has 0 aromatic heterocycles. The Kier molecular flexibility index (Phi) is 10.5. The van der Waals surface area contributed by atoms with Gasteiger partial charge in [0.05, 0.1) is 25.7 Å². The van der Waals surface area contributed by atoms with Gasteiger partial charge in [0.15, 0.2) is 0 Å². The highest BCUT2D eigenvalue weighted by molar-refractivity contribution is 5.71. The Morgan fingerprint density at radius 1 is 1.19 bits per heavy atom. The van der Waals surface area contributed by atoms with Crippen LogP contribution < -0.4 is 0 Å². The molecule has 0 spiro atoms. The Bertz CT molecular complexity index is 170. The summed E-state index contributed by atoms with van der Waals surface area (Å²) in [6.07, 6.45) is 3.08. The normalized spacial score (nSPS) is 12.4. The second-order valence-electron chi connectivity index (χ2n) is 3.82. The maximum absolute atomic E-state index is 11.4. The van der Waals surface area contributed by atoms with E-state index < -0.39 is 0 Å². The van der Waals surface area contributed by atoms with Crippen molar-refractivity contribution in [3.05, 3.63) is 0 Å². The van der Waals surface area contributed by atoms with Crippen LogP contribution in [0.15, 0.2) is 0 Å². The predicted molar refractivity (Wildman–Crippen MR) is 62.3 cm³/mol. The molecule has 16 heavy (non-hydrogen) atoms. The van der Waals surface area contributed by atoms with Crippen molar-refractivity contribution in [2.45, 2.75) is 33.1 Å². The number of unbranched alkanes of at least 4 members (excludes halogenated alkanes) is 1. The summed E-state index contributed by atoms with van der Waals surface area (Å²) in [4.78, 5) is 11.4. The maximum Gasteiger partial charge on any atom is 0.308 e. The Morgan fingerprint density at radius 2 is 1.88 bits per heavy atom. The Morgan fingerprint density at radius 3 is 2.50 bits per heavy atom. The van der Waals surface area contributed by atoms with Crippen LogP contribution in [-0.2, 0) is 19.0 Å².